The molecule has 0 saturated carbocycles. The van der Waals surface area contributed by atoms with Crippen molar-refractivity contribution in [2.24, 2.45) is 0 Å². The first-order chi connectivity index (χ1) is 15.5. The number of amides is 3. The van der Waals surface area contributed by atoms with Crippen LogP contribution in [0.25, 0.3) is 0 Å². The molecule has 1 unspecified atom stereocenters. The largest absolute Gasteiger partial charge is 0.416 e. The smallest absolute Gasteiger partial charge is 0.335 e. The molecule has 4 rings (SSSR count). The standard InChI is InChI=1S/C21H18ClF5N4O2/c1-30(14-7-6-12(23)17(22)18(14)24)19(32)15-9-28-20(33)31(15)16-8-11(21(25,26)27)10-4-2-3-5-13(10)29-16/h6-8,15H,2-5,9H2,1H3,(H,28,33). The van der Waals surface area contributed by atoms with E-state index in [-0.39, 0.29) is 35.7 Å². The molecule has 1 N–H and O–H groups in total. The van der Waals surface area contributed by atoms with Gasteiger partial charge in [0.2, 0.25) is 0 Å². The van der Waals surface area contributed by atoms with Crippen LogP contribution in [-0.4, -0.2) is 36.6 Å². The second kappa shape index (κ2) is 8.44. The Morgan fingerprint density at radius 2 is 1.94 bits per heavy atom. The number of nitrogens with zero attached hydrogens (tertiary/aromatic N) is 3. The van der Waals surface area contributed by atoms with Gasteiger partial charge in [-0.2, -0.15) is 13.2 Å². The lowest BCUT2D eigenvalue weighted by atomic mass is 9.91. The fraction of sp³-hybridized carbons (Fsp3) is 0.381. The van der Waals surface area contributed by atoms with Crippen molar-refractivity contribution in [1.29, 1.82) is 0 Å². The molecule has 0 radical (unpaired) electrons. The minimum absolute atomic E-state index is 0.0973. The van der Waals surface area contributed by atoms with Crippen LogP contribution in [0.2, 0.25) is 5.02 Å². The Morgan fingerprint density at radius 3 is 2.64 bits per heavy atom. The van der Waals surface area contributed by atoms with Crippen LogP contribution in [0, 0.1) is 11.6 Å². The van der Waals surface area contributed by atoms with E-state index in [2.05, 4.69) is 10.3 Å². The monoisotopic (exact) mass is 488 g/mol. The van der Waals surface area contributed by atoms with E-state index in [9.17, 15) is 31.5 Å². The van der Waals surface area contributed by atoms with Gasteiger partial charge in [0.25, 0.3) is 5.91 Å². The van der Waals surface area contributed by atoms with Crippen LogP contribution in [0.15, 0.2) is 18.2 Å². The number of fused-ring (bicyclic) bond motifs is 1. The van der Waals surface area contributed by atoms with Crippen LogP contribution < -0.4 is 15.1 Å². The first-order valence-electron chi connectivity index (χ1n) is 10.1. The van der Waals surface area contributed by atoms with Gasteiger partial charge in [0, 0.05) is 19.3 Å². The molecule has 2 heterocycles. The van der Waals surface area contributed by atoms with Gasteiger partial charge in [-0.1, -0.05) is 11.6 Å². The molecule has 2 aromatic rings. The maximum atomic E-state index is 14.4. The summed E-state index contributed by atoms with van der Waals surface area (Å²) in [5.41, 5.74) is -0.903. The molecule has 1 fully saturated rings. The lowest BCUT2D eigenvalue weighted by Gasteiger charge is -2.28. The van der Waals surface area contributed by atoms with Crippen LogP contribution in [-0.2, 0) is 23.8 Å². The van der Waals surface area contributed by atoms with Crippen molar-refractivity contribution in [2.75, 3.05) is 23.4 Å². The zero-order valence-corrected chi connectivity index (χ0v) is 18.0. The average Bonchev–Trinajstić information content (AvgIpc) is 3.16. The third-order valence-electron chi connectivity index (χ3n) is 5.81. The molecule has 0 bridgehead atoms. The molecule has 1 aliphatic heterocycles. The van der Waals surface area contributed by atoms with Gasteiger partial charge in [0.05, 0.1) is 11.3 Å². The van der Waals surface area contributed by atoms with E-state index in [0.29, 0.717) is 19.3 Å². The summed E-state index contributed by atoms with van der Waals surface area (Å²) in [5, 5.41) is 1.61. The van der Waals surface area contributed by atoms with Crippen LogP contribution in [0.3, 0.4) is 0 Å². The molecule has 3 amide bonds. The number of alkyl halides is 3. The summed E-state index contributed by atoms with van der Waals surface area (Å²) in [5.74, 6) is -3.33. The van der Waals surface area contributed by atoms with E-state index in [1.54, 1.807) is 0 Å². The van der Waals surface area contributed by atoms with Crippen LogP contribution in [0.5, 0.6) is 0 Å². The fourth-order valence-corrected chi connectivity index (χ4v) is 4.31. The van der Waals surface area contributed by atoms with E-state index >= 15 is 0 Å². The lowest BCUT2D eigenvalue weighted by Crippen LogP contribution is -2.47. The van der Waals surface area contributed by atoms with Crippen LogP contribution in [0.4, 0.5) is 38.3 Å². The highest BCUT2D eigenvalue weighted by molar-refractivity contribution is 6.31. The Bertz CT molecular complexity index is 1140. The maximum Gasteiger partial charge on any atom is 0.416 e. The van der Waals surface area contributed by atoms with Gasteiger partial charge in [-0.3, -0.25) is 9.69 Å². The number of carbonyl (C=O) groups is 2. The molecular formula is C21H18ClF5N4O2. The van der Waals surface area contributed by atoms with Crippen molar-refractivity contribution in [1.82, 2.24) is 10.3 Å². The quantitative estimate of drug-likeness (QED) is 0.512. The van der Waals surface area contributed by atoms with E-state index in [1.807, 2.05) is 0 Å². The molecule has 176 valence electrons. The number of aromatic nitrogens is 1. The van der Waals surface area contributed by atoms with Gasteiger partial charge in [0.1, 0.15) is 22.7 Å². The maximum absolute atomic E-state index is 14.4. The summed E-state index contributed by atoms with van der Waals surface area (Å²) < 4.78 is 69.2. The molecule has 2 aliphatic rings. The number of benzene rings is 1. The Labute approximate surface area is 190 Å². The molecule has 1 aliphatic carbocycles. The normalized spacial score (nSPS) is 18.2. The predicted octanol–water partition coefficient (Wildman–Crippen LogP) is 4.47. The number of carbonyl (C=O) groups excluding carboxylic acids is 2. The second-order valence-corrected chi connectivity index (χ2v) is 8.20. The van der Waals surface area contributed by atoms with Crippen molar-refractivity contribution < 1.29 is 31.5 Å². The molecule has 12 heteroatoms. The van der Waals surface area contributed by atoms with E-state index in [4.69, 9.17) is 11.6 Å². The van der Waals surface area contributed by atoms with E-state index < -0.39 is 46.4 Å². The SMILES string of the molecule is CN(C(=O)C1CNC(=O)N1c1cc(C(F)(F)F)c2c(n1)CCCC2)c1ccc(F)c(Cl)c1F. The van der Waals surface area contributed by atoms with Gasteiger partial charge in [-0.25, -0.2) is 18.6 Å². The summed E-state index contributed by atoms with van der Waals surface area (Å²) in [6.07, 6.45) is -2.87. The highest BCUT2D eigenvalue weighted by Gasteiger charge is 2.43. The van der Waals surface area contributed by atoms with Gasteiger partial charge in [-0.15, -0.1) is 0 Å². The van der Waals surface area contributed by atoms with Gasteiger partial charge in [0.15, 0.2) is 5.82 Å². The number of urea groups is 1. The number of aryl methyl sites for hydroxylation is 1. The summed E-state index contributed by atoms with van der Waals surface area (Å²) in [6.45, 7) is -0.237. The van der Waals surface area contributed by atoms with Crippen LogP contribution in [0.1, 0.15) is 29.7 Å². The lowest BCUT2D eigenvalue weighted by molar-refractivity contribution is -0.138. The Hall–Kier alpha value is -2.95. The van der Waals surface area contributed by atoms with Crippen LogP contribution >= 0.6 is 11.6 Å². The highest BCUT2D eigenvalue weighted by Crippen LogP contribution is 2.39. The Morgan fingerprint density at radius 1 is 1.24 bits per heavy atom. The van der Waals surface area contributed by atoms with E-state index in [0.717, 1.165) is 28.0 Å². The number of halogens is 6. The summed E-state index contributed by atoms with van der Waals surface area (Å²) >= 11 is 5.59. The van der Waals surface area contributed by atoms with E-state index in [1.165, 1.54) is 7.05 Å². The average molecular weight is 489 g/mol. The van der Waals surface area contributed by atoms with Crippen molar-refractivity contribution in [3.63, 3.8) is 0 Å². The minimum Gasteiger partial charge on any atom is -0.335 e. The first kappa shape index (κ1) is 23.2. The van der Waals surface area contributed by atoms with Crippen molar-refractivity contribution in [3.05, 3.63) is 51.7 Å². The number of hydrogen-bond acceptors (Lipinski definition) is 3. The number of nitrogens with one attached hydrogen (secondary N) is 1. The molecular weight excluding hydrogens is 471 g/mol. The number of hydrogen-bond donors (Lipinski definition) is 1. The molecule has 0 spiro atoms. The molecule has 1 aromatic heterocycles. The molecule has 1 aromatic carbocycles. The fourth-order valence-electron chi connectivity index (χ4n) is 4.15. The molecule has 6 nitrogen and oxygen atoms in total. The second-order valence-electron chi connectivity index (χ2n) is 7.82. The number of pyridine rings is 1. The van der Waals surface area contributed by atoms with Crippen molar-refractivity contribution in [3.8, 4) is 0 Å². The molecule has 1 saturated heterocycles. The summed E-state index contributed by atoms with van der Waals surface area (Å²) in [6, 6.07) is 0.532. The number of rotatable bonds is 3. The number of anilines is 2. The van der Waals surface area contributed by atoms with Gasteiger partial charge >= 0.3 is 12.2 Å². The summed E-state index contributed by atoms with van der Waals surface area (Å²) in [4.78, 5) is 31.6. The highest BCUT2D eigenvalue weighted by atomic mass is 35.5. The third kappa shape index (κ3) is 4.09. The Balaban J connectivity index is 1.73. The first-order valence-corrected chi connectivity index (χ1v) is 10.5. The zero-order chi connectivity index (χ0) is 24.1. The molecule has 1 atom stereocenters. The molecule has 33 heavy (non-hydrogen) atoms. The summed E-state index contributed by atoms with van der Waals surface area (Å²) in [7, 11) is 1.19. The van der Waals surface area contributed by atoms with Crippen molar-refractivity contribution in [2.45, 2.75) is 37.9 Å². The number of likely N-dealkylation sites (N-methyl/N-ethyl adjacent to an activating group) is 1. The third-order valence-corrected chi connectivity index (χ3v) is 6.15. The van der Waals surface area contributed by atoms with Crippen molar-refractivity contribution >= 4 is 35.0 Å². The topological polar surface area (TPSA) is 65.5 Å². The Kier molecular flexibility index (Phi) is 5.94. The zero-order valence-electron chi connectivity index (χ0n) is 17.3. The minimum atomic E-state index is -4.67. The van der Waals surface area contributed by atoms with Gasteiger partial charge in [-0.05, 0) is 49.4 Å². The predicted molar refractivity (Wildman–Crippen MR) is 110 cm³/mol. The van der Waals surface area contributed by atoms with Gasteiger partial charge < -0.3 is 10.2 Å².